The zero-order valence-corrected chi connectivity index (χ0v) is 17.1. The van der Waals surface area contributed by atoms with Crippen LogP contribution in [0.1, 0.15) is 32.3 Å². The van der Waals surface area contributed by atoms with E-state index < -0.39 is 0 Å². The molecule has 0 bridgehead atoms. The summed E-state index contributed by atoms with van der Waals surface area (Å²) in [6.45, 7) is 5.58. The highest BCUT2D eigenvalue weighted by Crippen LogP contribution is 2.32. The van der Waals surface area contributed by atoms with Crippen molar-refractivity contribution in [1.82, 2.24) is 5.32 Å². The number of anilines is 1. The summed E-state index contributed by atoms with van der Waals surface area (Å²) >= 11 is 0. The average Bonchev–Trinajstić information content (AvgIpc) is 3.17. The Morgan fingerprint density at radius 3 is 2.72 bits per heavy atom. The van der Waals surface area contributed by atoms with Crippen LogP contribution in [0.2, 0.25) is 0 Å². The van der Waals surface area contributed by atoms with Gasteiger partial charge in [0.1, 0.15) is 0 Å². The van der Waals surface area contributed by atoms with Crippen LogP contribution in [0, 0.1) is 5.92 Å². The fourth-order valence-electron chi connectivity index (χ4n) is 2.95. The summed E-state index contributed by atoms with van der Waals surface area (Å²) in [6.07, 6.45) is 2.07. The fraction of sp³-hybridized carbons (Fsp3) is 0.409. The summed E-state index contributed by atoms with van der Waals surface area (Å²) in [5, 5.41) is 5.66. The number of hydrogen-bond donors (Lipinski definition) is 2. The highest BCUT2D eigenvalue weighted by Gasteiger charge is 2.14. The van der Waals surface area contributed by atoms with Crippen LogP contribution in [0.15, 0.2) is 36.4 Å². The molecule has 1 heterocycles. The summed E-state index contributed by atoms with van der Waals surface area (Å²) in [5.41, 5.74) is 1.56. The smallest absolute Gasteiger partial charge is 0.319 e. The van der Waals surface area contributed by atoms with Crippen molar-refractivity contribution in [3.63, 3.8) is 0 Å². The first-order chi connectivity index (χ1) is 14.0. The summed E-state index contributed by atoms with van der Waals surface area (Å²) in [4.78, 5) is 12.3. The monoisotopic (exact) mass is 400 g/mol. The molecule has 3 rings (SSSR count). The maximum atomic E-state index is 12.3. The van der Waals surface area contributed by atoms with E-state index in [1.165, 1.54) is 0 Å². The van der Waals surface area contributed by atoms with Gasteiger partial charge >= 0.3 is 6.03 Å². The first-order valence-corrected chi connectivity index (χ1v) is 9.79. The van der Waals surface area contributed by atoms with Gasteiger partial charge in [-0.3, -0.25) is 0 Å². The largest absolute Gasteiger partial charge is 0.493 e. The first-order valence-electron chi connectivity index (χ1n) is 9.79. The molecule has 0 atom stereocenters. The van der Waals surface area contributed by atoms with E-state index in [2.05, 4.69) is 24.5 Å². The molecule has 29 heavy (non-hydrogen) atoms. The molecular weight excluding hydrogens is 372 g/mol. The van der Waals surface area contributed by atoms with Gasteiger partial charge in [-0.15, -0.1) is 0 Å². The second-order valence-electron chi connectivity index (χ2n) is 7.25. The highest BCUT2D eigenvalue weighted by molar-refractivity contribution is 5.89. The Morgan fingerprint density at radius 2 is 1.93 bits per heavy atom. The minimum Gasteiger partial charge on any atom is -0.493 e. The minimum atomic E-state index is -0.307. The van der Waals surface area contributed by atoms with Crippen LogP contribution in [0.4, 0.5) is 10.5 Å². The van der Waals surface area contributed by atoms with Crippen LogP contribution in [-0.2, 0) is 6.54 Å². The molecule has 0 aliphatic carbocycles. The van der Waals surface area contributed by atoms with Crippen molar-refractivity contribution in [3.8, 4) is 23.0 Å². The second-order valence-corrected chi connectivity index (χ2v) is 7.25. The van der Waals surface area contributed by atoms with E-state index in [9.17, 15) is 4.79 Å². The molecule has 0 unspecified atom stereocenters. The number of carbonyl (C=O) groups excluding carboxylic acids is 1. The number of fused-ring (bicyclic) bond motifs is 1. The van der Waals surface area contributed by atoms with E-state index >= 15 is 0 Å². The van der Waals surface area contributed by atoms with Gasteiger partial charge in [0.15, 0.2) is 23.0 Å². The quantitative estimate of drug-likeness (QED) is 0.603. The molecule has 1 aliphatic rings. The lowest BCUT2D eigenvalue weighted by molar-refractivity contribution is 0.174. The summed E-state index contributed by atoms with van der Waals surface area (Å²) < 4.78 is 21.8. The zero-order chi connectivity index (χ0) is 20.6. The van der Waals surface area contributed by atoms with E-state index in [0.29, 0.717) is 42.0 Å². The number of nitrogens with one attached hydrogen (secondary N) is 2. The van der Waals surface area contributed by atoms with Gasteiger partial charge in [0.05, 0.1) is 13.7 Å². The van der Waals surface area contributed by atoms with Crippen LogP contribution in [-0.4, -0.2) is 26.5 Å². The zero-order valence-electron chi connectivity index (χ0n) is 17.1. The van der Waals surface area contributed by atoms with E-state index in [1.807, 2.05) is 18.2 Å². The fourth-order valence-corrected chi connectivity index (χ4v) is 2.95. The van der Waals surface area contributed by atoms with E-state index in [1.54, 1.807) is 25.3 Å². The molecule has 0 saturated heterocycles. The molecule has 7 nitrogen and oxygen atoms in total. The maximum Gasteiger partial charge on any atom is 0.319 e. The van der Waals surface area contributed by atoms with Crippen molar-refractivity contribution in [2.45, 2.75) is 33.2 Å². The van der Waals surface area contributed by atoms with Gasteiger partial charge in [0, 0.05) is 18.3 Å². The van der Waals surface area contributed by atoms with Gasteiger partial charge in [-0.2, -0.15) is 0 Å². The maximum absolute atomic E-state index is 12.3. The number of methoxy groups -OCH3 is 1. The number of benzene rings is 2. The molecule has 0 spiro atoms. The molecule has 0 aromatic heterocycles. The highest BCUT2D eigenvalue weighted by atomic mass is 16.7. The lowest BCUT2D eigenvalue weighted by Crippen LogP contribution is -2.28. The van der Waals surface area contributed by atoms with Gasteiger partial charge in [0.25, 0.3) is 0 Å². The number of urea groups is 1. The van der Waals surface area contributed by atoms with Crippen molar-refractivity contribution >= 4 is 11.7 Å². The molecule has 0 saturated carbocycles. The van der Waals surface area contributed by atoms with Crippen LogP contribution in [0.3, 0.4) is 0 Å². The lowest BCUT2D eigenvalue weighted by atomic mass is 10.1. The normalized spacial score (nSPS) is 12.0. The third-order valence-corrected chi connectivity index (χ3v) is 4.49. The number of carbonyl (C=O) groups is 1. The van der Waals surface area contributed by atoms with Gasteiger partial charge in [-0.05, 0) is 48.6 Å². The van der Waals surface area contributed by atoms with Crippen LogP contribution >= 0.6 is 0 Å². The van der Waals surface area contributed by atoms with Gasteiger partial charge < -0.3 is 29.6 Å². The molecule has 7 heteroatoms. The van der Waals surface area contributed by atoms with Crippen molar-refractivity contribution < 1.29 is 23.7 Å². The topological polar surface area (TPSA) is 78.1 Å². The Labute approximate surface area is 171 Å². The van der Waals surface area contributed by atoms with Crippen molar-refractivity contribution in [3.05, 3.63) is 42.0 Å². The van der Waals surface area contributed by atoms with E-state index in [0.717, 1.165) is 24.2 Å². The van der Waals surface area contributed by atoms with Crippen molar-refractivity contribution in [2.75, 3.05) is 25.8 Å². The van der Waals surface area contributed by atoms with Gasteiger partial charge in [-0.1, -0.05) is 19.9 Å². The van der Waals surface area contributed by atoms with Crippen LogP contribution in [0.5, 0.6) is 23.0 Å². The predicted molar refractivity (Wildman–Crippen MR) is 111 cm³/mol. The summed E-state index contributed by atoms with van der Waals surface area (Å²) in [5.74, 6) is 3.31. The van der Waals surface area contributed by atoms with Crippen molar-refractivity contribution in [1.29, 1.82) is 0 Å². The molecule has 2 amide bonds. The molecule has 156 valence electrons. The van der Waals surface area contributed by atoms with Gasteiger partial charge in [-0.25, -0.2) is 4.79 Å². The number of rotatable bonds is 9. The van der Waals surface area contributed by atoms with Crippen molar-refractivity contribution in [2.24, 2.45) is 5.92 Å². The van der Waals surface area contributed by atoms with Gasteiger partial charge in [0.2, 0.25) is 6.79 Å². The minimum absolute atomic E-state index is 0.228. The Morgan fingerprint density at radius 1 is 1.10 bits per heavy atom. The Hall–Kier alpha value is -3.09. The Bertz CT molecular complexity index is 838. The van der Waals surface area contributed by atoms with E-state index in [4.69, 9.17) is 18.9 Å². The third-order valence-electron chi connectivity index (χ3n) is 4.49. The summed E-state index contributed by atoms with van der Waals surface area (Å²) in [7, 11) is 1.60. The molecule has 2 aromatic carbocycles. The Kier molecular flexibility index (Phi) is 7.05. The molecule has 2 N–H and O–H groups in total. The first kappa shape index (κ1) is 20.6. The molecule has 1 aliphatic heterocycles. The molecule has 2 aromatic rings. The SMILES string of the molecule is COc1ccc(NC(=O)NCc2ccc3c(c2)OCO3)cc1OCCCC(C)C. The number of amides is 2. The second kappa shape index (κ2) is 9.91. The van der Waals surface area contributed by atoms with Crippen LogP contribution in [0.25, 0.3) is 0 Å². The lowest BCUT2D eigenvalue weighted by Gasteiger charge is -2.14. The molecule has 0 fully saturated rings. The molecular formula is C22H28N2O5. The average molecular weight is 400 g/mol. The molecule has 0 radical (unpaired) electrons. The van der Waals surface area contributed by atoms with Crippen LogP contribution < -0.4 is 29.6 Å². The third kappa shape index (κ3) is 5.94. The number of hydrogen-bond acceptors (Lipinski definition) is 5. The van der Waals surface area contributed by atoms with E-state index in [-0.39, 0.29) is 12.8 Å². The Balaban J connectivity index is 1.53. The standard InChI is InChI=1S/C22H28N2O5/c1-15(2)5-4-10-27-21-12-17(7-9-18(21)26-3)24-22(25)23-13-16-6-8-19-20(11-16)29-14-28-19/h6-9,11-12,15H,4-5,10,13-14H2,1-3H3,(H2,23,24,25). The summed E-state index contributed by atoms with van der Waals surface area (Å²) in [6, 6.07) is 10.6. The number of ether oxygens (including phenoxy) is 4. The predicted octanol–water partition coefficient (Wildman–Crippen LogP) is 4.56.